The molecule has 0 aromatic rings. The van der Waals surface area contributed by atoms with Crippen LogP contribution in [0.5, 0.6) is 0 Å². The van der Waals surface area contributed by atoms with Crippen LogP contribution in [-0.4, -0.2) is 56.2 Å². The largest absolute Gasteiger partial charge is 0.379 e. The Morgan fingerprint density at radius 3 is 2.59 bits per heavy atom. The molecule has 1 saturated carbocycles. The van der Waals surface area contributed by atoms with Crippen molar-refractivity contribution >= 4 is 0 Å². The number of hydrogen-bond acceptors (Lipinski definition) is 4. The first kappa shape index (κ1) is 11.9. The van der Waals surface area contributed by atoms with Gasteiger partial charge in [-0.2, -0.15) is 0 Å². The van der Waals surface area contributed by atoms with Crippen LogP contribution in [-0.2, 0) is 14.2 Å². The van der Waals surface area contributed by atoms with Crippen LogP contribution >= 0.6 is 0 Å². The van der Waals surface area contributed by atoms with Crippen molar-refractivity contribution in [3.05, 3.63) is 0 Å². The Morgan fingerprint density at radius 2 is 1.82 bits per heavy atom. The standard InChI is InChI=1S/C13H23NO3/c1-2-4-13(5-3-1)16-11-12(17-13)10-14-6-8-15-9-7-14/h12H,1-11H2. The fourth-order valence-corrected chi connectivity index (χ4v) is 3.13. The van der Waals surface area contributed by atoms with Crippen molar-refractivity contribution in [2.75, 3.05) is 39.5 Å². The zero-order valence-corrected chi connectivity index (χ0v) is 10.5. The second-order valence-electron chi connectivity index (χ2n) is 5.44. The molecule has 1 spiro atoms. The Balaban J connectivity index is 1.49. The summed E-state index contributed by atoms with van der Waals surface area (Å²) in [6.45, 7) is 5.57. The van der Waals surface area contributed by atoms with Crippen LogP contribution in [0.3, 0.4) is 0 Å². The minimum absolute atomic E-state index is 0.213. The zero-order chi connectivity index (χ0) is 11.6. The van der Waals surface area contributed by atoms with Gasteiger partial charge in [-0.3, -0.25) is 4.90 Å². The molecule has 1 atom stereocenters. The van der Waals surface area contributed by atoms with Gasteiger partial charge in [-0.25, -0.2) is 0 Å². The van der Waals surface area contributed by atoms with E-state index < -0.39 is 0 Å². The average molecular weight is 241 g/mol. The smallest absolute Gasteiger partial charge is 0.168 e. The highest BCUT2D eigenvalue weighted by atomic mass is 16.7. The van der Waals surface area contributed by atoms with Gasteiger partial charge < -0.3 is 14.2 Å². The van der Waals surface area contributed by atoms with Crippen molar-refractivity contribution < 1.29 is 14.2 Å². The molecule has 1 aliphatic carbocycles. The van der Waals surface area contributed by atoms with Crippen LogP contribution in [0.2, 0.25) is 0 Å². The van der Waals surface area contributed by atoms with Gasteiger partial charge in [0.1, 0.15) is 0 Å². The molecule has 0 bridgehead atoms. The van der Waals surface area contributed by atoms with Crippen molar-refractivity contribution in [1.29, 1.82) is 0 Å². The minimum Gasteiger partial charge on any atom is -0.379 e. The van der Waals surface area contributed by atoms with E-state index in [0.29, 0.717) is 0 Å². The van der Waals surface area contributed by atoms with Crippen molar-refractivity contribution in [2.24, 2.45) is 0 Å². The lowest BCUT2D eigenvalue weighted by Gasteiger charge is -2.33. The monoisotopic (exact) mass is 241 g/mol. The van der Waals surface area contributed by atoms with E-state index in [1.165, 1.54) is 19.3 Å². The summed E-state index contributed by atoms with van der Waals surface area (Å²) < 4.78 is 17.5. The Morgan fingerprint density at radius 1 is 1.06 bits per heavy atom. The summed E-state index contributed by atoms with van der Waals surface area (Å²) in [6, 6.07) is 0. The Kier molecular flexibility index (Phi) is 3.66. The topological polar surface area (TPSA) is 30.9 Å². The molecule has 0 radical (unpaired) electrons. The molecule has 3 aliphatic rings. The molecule has 4 heteroatoms. The molecular weight excluding hydrogens is 218 g/mol. The van der Waals surface area contributed by atoms with E-state index >= 15 is 0 Å². The van der Waals surface area contributed by atoms with Gasteiger partial charge in [-0.1, -0.05) is 6.42 Å². The van der Waals surface area contributed by atoms with Crippen LogP contribution in [0.15, 0.2) is 0 Å². The van der Waals surface area contributed by atoms with E-state index in [1.807, 2.05) is 0 Å². The SMILES string of the molecule is C1CCC2(CC1)OCC(CN1CCOCC1)O2. The molecule has 0 amide bonds. The van der Waals surface area contributed by atoms with E-state index in [9.17, 15) is 0 Å². The molecule has 4 nitrogen and oxygen atoms in total. The van der Waals surface area contributed by atoms with Gasteiger partial charge >= 0.3 is 0 Å². The van der Waals surface area contributed by atoms with E-state index in [1.54, 1.807) is 0 Å². The van der Waals surface area contributed by atoms with Crippen LogP contribution in [0, 0.1) is 0 Å². The Labute approximate surface area is 103 Å². The predicted octanol–water partition coefficient (Wildman–Crippen LogP) is 1.39. The maximum atomic E-state index is 6.19. The third-order valence-corrected chi connectivity index (χ3v) is 4.09. The summed E-state index contributed by atoms with van der Waals surface area (Å²) >= 11 is 0. The number of nitrogens with zero attached hydrogens (tertiary/aromatic N) is 1. The van der Waals surface area contributed by atoms with Crippen molar-refractivity contribution in [3.63, 3.8) is 0 Å². The van der Waals surface area contributed by atoms with Crippen LogP contribution in [0.25, 0.3) is 0 Å². The normalized spacial score (nSPS) is 34.2. The maximum absolute atomic E-state index is 6.19. The van der Waals surface area contributed by atoms with Crippen LogP contribution in [0.1, 0.15) is 32.1 Å². The third kappa shape index (κ3) is 2.81. The first-order valence-corrected chi connectivity index (χ1v) is 6.98. The number of rotatable bonds is 2. The third-order valence-electron chi connectivity index (χ3n) is 4.09. The van der Waals surface area contributed by atoms with Gasteiger partial charge in [0.05, 0.1) is 25.9 Å². The number of morpholine rings is 1. The predicted molar refractivity (Wildman–Crippen MR) is 63.9 cm³/mol. The van der Waals surface area contributed by atoms with Gasteiger partial charge in [0, 0.05) is 32.5 Å². The second-order valence-corrected chi connectivity index (χ2v) is 5.44. The Bertz CT molecular complexity index is 247. The molecule has 2 aliphatic heterocycles. The van der Waals surface area contributed by atoms with Gasteiger partial charge in [0.15, 0.2) is 5.79 Å². The first-order valence-electron chi connectivity index (χ1n) is 6.98. The van der Waals surface area contributed by atoms with Crippen molar-refractivity contribution in [2.45, 2.75) is 44.0 Å². The van der Waals surface area contributed by atoms with E-state index in [-0.39, 0.29) is 11.9 Å². The lowest BCUT2D eigenvalue weighted by molar-refractivity contribution is -0.188. The quantitative estimate of drug-likeness (QED) is 0.731. The molecule has 98 valence electrons. The van der Waals surface area contributed by atoms with Gasteiger partial charge in [-0.15, -0.1) is 0 Å². The number of ether oxygens (including phenoxy) is 3. The highest BCUT2D eigenvalue weighted by Crippen LogP contribution is 2.37. The summed E-state index contributed by atoms with van der Waals surface area (Å²) in [7, 11) is 0. The molecule has 2 saturated heterocycles. The van der Waals surface area contributed by atoms with Crippen LogP contribution in [0.4, 0.5) is 0 Å². The summed E-state index contributed by atoms with van der Waals surface area (Å²) in [5.41, 5.74) is 0. The zero-order valence-electron chi connectivity index (χ0n) is 10.5. The molecule has 2 heterocycles. The van der Waals surface area contributed by atoms with Gasteiger partial charge in [0.25, 0.3) is 0 Å². The number of hydrogen-bond donors (Lipinski definition) is 0. The first-order chi connectivity index (χ1) is 8.36. The lowest BCUT2D eigenvalue weighted by Crippen LogP contribution is -2.42. The van der Waals surface area contributed by atoms with E-state index in [2.05, 4.69) is 4.90 Å². The summed E-state index contributed by atoms with van der Waals surface area (Å²) in [5.74, 6) is -0.213. The molecule has 0 N–H and O–H groups in total. The highest BCUT2D eigenvalue weighted by molar-refractivity contribution is 4.84. The fourth-order valence-electron chi connectivity index (χ4n) is 3.13. The summed E-state index contributed by atoms with van der Waals surface area (Å²) in [5, 5.41) is 0. The second kappa shape index (κ2) is 5.22. The van der Waals surface area contributed by atoms with Gasteiger partial charge in [0.2, 0.25) is 0 Å². The molecule has 3 fully saturated rings. The van der Waals surface area contributed by atoms with Crippen molar-refractivity contribution in [3.8, 4) is 0 Å². The molecule has 1 unspecified atom stereocenters. The molecule has 17 heavy (non-hydrogen) atoms. The summed E-state index contributed by atoms with van der Waals surface area (Å²) in [4.78, 5) is 2.43. The molecule has 0 aromatic carbocycles. The highest BCUT2D eigenvalue weighted by Gasteiger charge is 2.42. The van der Waals surface area contributed by atoms with E-state index in [4.69, 9.17) is 14.2 Å². The van der Waals surface area contributed by atoms with Crippen LogP contribution < -0.4 is 0 Å². The average Bonchev–Trinajstić information content (AvgIpc) is 2.74. The molecule has 3 rings (SSSR count). The summed E-state index contributed by atoms with van der Waals surface area (Å²) in [6.07, 6.45) is 6.29. The Hall–Kier alpha value is -0.160. The lowest BCUT2D eigenvalue weighted by atomic mass is 9.94. The molecule has 0 aromatic heterocycles. The molecular formula is C13H23NO3. The maximum Gasteiger partial charge on any atom is 0.168 e. The fraction of sp³-hybridized carbons (Fsp3) is 1.00. The minimum atomic E-state index is -0.213. The van der Waals surface area contributed by atoms with Gasteiger partial charge in [-0.05, 0) is 12.8 Å². The van der Waals surface area contributed by atoms with Crippen molar-refractivity contribution in [1.82, 2.24) is 4.90 Å². The van der Waals surface area contributed by atoms with E-state index in [0.717, 1.165) is 52.3 Å².